The minimum atomic E-state index is -0.237. The predicted octanol–water partition coefficient (Wildman–Crippen LogP) is 2.17. The van der Waals surface area contributed by atoms with Gasteiger partial charge in [0, 0.05) is 11.3 Å². The third kappa shape index (κ3) is 2.70. The number of thiocarbonyl (C=S) groups is 1. The normalized spacial score (nSPS) is 9.88. The Labute approximate surface area is 103 Å². The molecular formula is C12H10N2O2S. The summed E-state index contributed by atoms with van der Waals surface area (Å²) in [6.45, 7) is 0. The second-order valence-corrected chi connectivity index (χ2v) is 3.85. The van der Waals surface area contributed by atoms with Crippen molar-refractivity contribution < 1.29 is 9.21 Å². The van der Waals surface area contributed by atoms with E-state index in [0.717, 1.165) is 0 Å². The molecule has 0 fully saturated rings. The van der Waals surface area contributed by atoms with Crippen molar-refractivity contribution >= 4 is 28.8 Å². The molecule has 0 aliphatic rings. The summed E-state index contributed by atoms with van der Waals surface area (Å²) in [7, 11) is 0. The number of anilines is 1. The van der Waals surface area contributed by atoms with Crippen molar-refractivity contribution in [1.82, 2.24) is 0 Å². The summed E-state index contributed by atoms with van der Waals surface area (Å²) in [5.74, 6) is -0.237. The third-order valence-corrected chi connectivity index (χ3v) is 2.42. The van der Waals surface area contributed by atoms with Crippen molar-refractivity contribution in [3.8, 4) is 0 Å². The third-order valence-electron chi connectivity index (χ3n) is 2.19. The fourth-order valence-corrected chi connectivity index (χ4v) is 1.47. The Morgan fingerprint density at radius 2 is 2.12 bits per heavy atom. The van der Waals surface area contributed by atoms with Gasteiger partial charge in [-0.2, -0.15) is 0 Å². The lowest BCUT2D eigenvalue weighted by Crippen LogP contribution is -2.13. The lowest BCUT2D eigenvalue weighted by molar-refractivity contribution is 0.102. The molecule has 0 aliphatic heterocycles. The molecule has 1 aromatic carbocycles. The van der Waals surface area contributed by atoms with Gasteiger partial charge in [-0.3, -0.25) is 4.79 Å². The van der Waals surface area contributed by atoms with E-state index in [1.165, 1.54) is 12.5 Å². The van der Waals surface area contributed by atoms with Crippen LogP contribution in [0.5, 0.6) is 0 Å². The van der Waals surface area contributed by atoms with Gasteiger partial charge in [-0.05, 0) is 18.2 Å². The fourth-order valence-electron chi connectivity index (χ4n) is 1.35. The first-order valence-electron chi connectivity index (χ1n) is 4.90. The van der Waals surface area contributed by atoms with Crippen molar-refractivity contribution in [2.75, 3.05) is 5.32 Å². The van der Waals surface area contributed by atoms with Gasteiger partial charge in [-0.25, -0.2) is 0 Å². The van der Waals surface area contributed by atoms with Crippen molar-refractivity contribution in [3.63, 3.8) is 0 Å². The van der Waals surface area contributed by atoms with E-state index in [1.807, 2.05) is 0 Å². The van der Waals surface area contributed by atoms with Crippen LogP contribution in [0.3, 0.4) is 0 Å². The van der Waals surface area contributed by atoms with Gasteiger partial charge in [0.2, 0.25) is 0 Å². The van der Waals surface area contributed by atoms with Crippen LogP contribution >= 0.6 is 12.2 Å². The van der Waals surface area contributed by atoms with E-state index in [4.69, 9.17) is 22.4 Å². The fraction of sp³-hybridized carbons (Fsp3) is 0. The number of amides is 1. The molecule has 2 aromatic rings. The molecule has 17 heavy (non-hydrogen) atoms. The Morgan fingerprint density at radius 3 is 2.76 bits per heavy atom. The standard InChI is InChI=1S/C12H10N2O2S/c13-11(17)8-2-1-3-10(6-8)14-12(15)9-4-5-16-7-9/h1-7H,(H2,13,17)(H,14,15). The van der Waals surface area contributed by atoms with Crippen LogP contribution in [-0.4, -0.2) is 10.9 Å². The number of carbonyl (C=O) groups is 1. The molecule has 0 saturated carbocycles. The predicted molar refractivity (Wildman–Crippen MR) is 69.0 cm³/mol. The van der Waals surface area contributed by atoms with Crippen LogP contribution in [0.2, 0.25) is 0 Å². The molecule has 4 nitrogen and oxygen atoms in total. The van der Waals surface area contributed by atoms with Gasteiger partial charge in [0.25, 0.3) is 5.91 Å². The molecule has 0 spiro atoms. The zero-order valence-electron chi connectivity index (χ0n) is 8.84. The zero-order valence-corrected chi connectivity index (χ0v) is 9.66. The van der Waals surface area contributed by atoms with Crippen molar-refractivity contribution in [3.05, 3.63) is 54.0 Å². The highest BCUT2D eigenvalue weighted by Gasteiger charge is 2.07. The van der Waals surface area contributed by atoms with E-state index in [2.05, 4.69) is 5.32 Å². The summed E-state index contributed by atoms with van der Waals surface area (Å²) in [6.07, 6.45) is 2.83. The summed E-state index contributed by atoms with van der Waals surface area (Å²) in [5.41, 5.74) is 7.33. The van der Waals surface area contributed by atoms with Crippen LogP contribution in [0.1, 0.15) is 15.9 Å². The van der Waals surface area contributed by atoms with E-state index in [1.54, 1.807) is 30.3 Å². The number of hydrogen-bond acceptors (Lipinski definition) is 3. The number of carbonyl (C=O) groups excluding carboxylic acids is 1. The van der Waals surface area contributed by atoms with E-state index in [9.17, 15) is 4.79 Å². The molecule has 1 heterocycles. The van der Waals surface area contributed by atoms with Crippen LogP contribution in [0.4, 0.5) is 5.69 Å². The number of hydrogen-bond donors (Lipinski definition) is 2. The first-order valence-corrected chi connectivity index (χ1v) is 5.31. The average Bonchev–Trinajstić information content (AvgIpc) is 2.82. The van der Waals surface area contributed by atoms with E-state index in [0.29, 0.717) is 21.8 Å². The topological polar surface area (TPSA) is 68.3 Å². The quantitative estimate of drug-likeness (QED) is 0.814. The van der Waals surface area contributed by atoms with Crippen LogP contribution in [0.25, 0.3) is 0 Å². The lowest BCUT2D eigenvalue weighted by atomic mass is 10.2. The maximum absolute atomic E-state index is 11.7. The molecule has 1 amide bonds. The minimum absolute atomic E-state index is 0.237. The Bertz CT molecular complexity index is 549. The first-order chi connectivity index (χ1) is 8.16. The number of nitrogens with one attached hydrogen (secondary N) is 1. The average molecular weight is 246 g/mol. The van der Waals surface area contributed by atoms with Gasteiger partial charge < -0.3 is 15.5 Å². The zero-order chi connectivity index (χ0) is 12.3. The Kier molecular flexibility index (Phi) is 3.20. The molecule has 0 atom stereocenters. The monoisotopic (exact) mass is 246 g/mol. The summed E-state index contributed by atoms with van der Waals surface area (Å²) in [6, 6.07) is 8.64. The Hall–Kier alpha value is -2.14. The highest BCUT2D eigenvalue weighted by molar-refractivity contribution is 7.80. The van der Waals surface area contributed by atoms with Gasteiger partial charge in [0.1, 0.15) is 11.3 Å². The molecule has 3 N–H and O–H groups in total. The smallest absolute Gasteiger partial charge is 0.258 e. The molecule has 0 aliphatic carbocycles. The molecular weight excluding hydrogens is 236 g/mol. The molecule has 0 unspecified atom stereocenters. The maximum Gasteiger partial charge on any atom is 0.258 e. The van der Waals surface area contributed by atoms with E-state index in [-0.39, 0.29) is 5.91 Å². The molecule has 0 bridgehead atoms. The molecule has 2 rings (SSSR count). The van der Waals surface area contributed by atoms with Crippen LogP contribution < -0.4 is 11.1 Å². The molecule has 1 aromatic heterocycles. The van der Waals surface area contributed by atoms with Crippen molar-refractivity contribution in [2.24, 2.45) is 5.73 Å². The van der Waals surface area contributed by atoms with Gasteiger partial charge in [-0.15, -0.1) is 0 Å². The largest absolute Gasteiger partial charge is 0.472 e. The molecule has 5 heteroatoms. The second kappa shape index (κ2) is 4.80. The SMILES string of the molecule is NC(=S)c1cccc(NC(=O)c2ccoc2)c1. The summed E-state index contributed by atoms with van der Waals surface area (Å²) in [5, 5.41) is 2.73. The number of benzene rings is 1. The summed E-state index contributed by atoms with van der Waals surface area (Å²) >= 11 is 4.87. The number of nitrogens with two attached hydrogens (primary N) is 1. The van der Waals surface area contributed by atoms with Gasteiger partial charge >= 0.3 is 0 Å². The van der Waals surface area contributed by atoms with E-state index < -0.39 is 0 Å². The summed E-state index contributed by atoms with van der Waals surface area (Å²) < 4.78 is 4.83. The Morgan fingerprint density at radius 1 is 1.29 bits per heavy atom. The van der Waals surface area contributed by atoms with Crippen LogP contribution in [0, 0.1) is 0 Å². The van der Waals surface area contributed by atoms with Crippen molar-refractivity contribution in [2.45, 2.75) is 0 Å². The first kappa shape index (κ1) is 11.3. The van der Waals surface area contributed by atoms with Crippen LogP contribution in [0.15, 0.2) is 47.3 Å². The van der Waals surface area contributed by atoms with Crippen LogP contribution in [-0.2, 0) is 0 Å². The van der Waals surface area contributed by atoms with Gasteiger partial charge in [0.05, 0.1) is 11.8 Å². The highest BCUT2D eigenvalue weighted by atomic mass is 32.1. The maximum atomic E-state index is 11.7. The molecule has 86 valence electrons. The number of furan rings is 1. The van der Waals surface area contributed by atoms with Gasteiger partial charge in [0.15, 0.2) is 0 Å². The lowest BCUT2D eigenvalue weighted by Gasteiger charge is -2.05. The minimum Gasteiger partial charge on any atom is -0.472 e. The molecule has 0 radical (unpaired) electrons. The molecule has 0 saturated heterocycles. The van der Waals surface area contributed by atoms with Crippen molar-refractivity contribution in [1.29, 1.82) is 0 Å². The Balaban J connectivity index is 2.16. The van der Waals surface area contributed by atoms with Gasteiger partial charge in [-0.1, -0.05) is 24.4 Å². The van der Waals surface area contributed by atoms with E-state index >= 15 is 0 Å². The summed E-state index contributed by atoms with van der Waals surface area (Å²) in [4.78, 5) is 12.0. The second-order valence-electron chi connectivity index (χ2n) is 3.41. The highest BCUT2D eigenvalue weighted by Crippen LogP contribution is 2.12. The number of rotatable bonds is 3.